The molecule has 1 atom stereocenters. The van der Waals surface area contributed by atoms with Crippen LogP contribution in [0.15, 0.2) is 0 Å². The smallest absolute Gasteiger partial charge is 0.125 e. The van der Waals surface area contributed by atoms with Gasteiger partial charge in [0.2, 0.25) is 0 Å². The van der Waals surface area contributed by atoms with Crippen LogP contribution in [0.4, 0.5) is 0 Å². The molecule has 0 amide bonds. The highest BCUT2D eigenvalue weighted by Gasteiger charge is 2.15. The van der Waals surface area contributed by atoms with E-state index >= 15 is 0 Å². The van der Waals surface area contributed by atoms with Crippen molar-refractivity contribution >= 4 is 6.29 Å². The number of carbonyl (C=O) groups excluding carboxylic acids is 1. The molecule has 0 saturated heterocycles. The Kier molecular flexibility index (Phi) is 9.35. The monoisotopic (exact) mass is 255 g/mol. The van der Waals surface area contributed by atoms with Gasteiger partial charge in [0, 0.05) is 11.5 Å². The molecule has 18 heavy (non-hydrogen) atoms. The van der Waals surface area contributed by atoms with Gasteiger partial charge in [0.1, 0.15) is 6.29 Å². The largest absolute Gasteiger partial charge is 0.327 e. The Labute approximate surface area is 114 Å². The molecular formula is C16H33NO. The van der Waals surface area contributed by atoms with E-state index in [-0.39, 0.29) is 5.41 Å². The number of hydrogen-bond donors (Lipinski definition) is 1. The fourth-order valence-electron chi connectivity index (χ4n) is 2.06. The minimum atomic E-state index is -0.121. The summed E-state index contributed by atoms with van der Waals surface area (Å²) in [7, 11) is 0. The standard InChI is InChI=1S/C16H33NO/c1-14(2)15(17)11-9-7-5-6-8-10-12-16(3,4)13-18/h13-15H,5-12,17H2,1-4H3. The maximum absolute atomic E-state index is 10.7. The quantitative estimate of drug-likeness (QED) is 0.441. The van der Waals surface area contributed by atoms with Crippen molar-refractivity contribution < 1.29 is 4.79 Å². The Morgan fingerprint density at radius 3 is 2.00 bits per heavy atom. The molecule has 0 bridgehead atoms. The summed E-state index contributed by atoms with van der Waals surface area (Å²) in [6.45, 7) is 8.43. The molecule has 0 aliphatic rings. The van der Waals surface area contributed by atoms with Gasteiger partial charge in [-0.05, 0) is 18.8 Å². The topological polar surface area (TPSA) is 43.1 Å². The van der Waals surface area contributed by atoms with Crippen molar-refractivity contribution in [2.24, 2.45) is 17.1 Å². The van der Waals surface area contributed by atoms with Crippen molar-refractivity contribution in [2.45, 2.75) is 85.1 Å². The Hall–Kier alpha value is -0.370. The second-order valence-corrected chi connectivity index (χ2v) is 6.67. The van der Waals surface area contributed by atoms with Crippen LogP contribution in [0.5, 0.6) is 0 Å². The van der Waals surface area contributed by atoms with E-state index in [1.54, 1.807) is 0 Å². The molecule has 108 valence electrons. The third-order valence-corrected chi connectivity index (χ3v) is 3.78. The first-order valence-corrected chi connectivity index (χ1v) is 7.61. The van der Waals surface area contributed by atoms with Crippen LogP contribution in [-0.4, -0.2) is 12.3 Å². The molecule has 2 heteroatoms. The lowest BCUT2D eigenvalue weighted by molar-refractivity contribution is -0.115. The van der Waals surface area contributed by atoms with Gasteiger partial charge < -0.3 is 10.5 Å². The van der Waals surface area contributed by atoms with Crippen LogP contribution < -0.4 is 5.73 Å². The van der Waals surface area contributed by atoms with Crippen LogP contribution >= 0.6 is 0 Å². The van der Waals surface area contributed by atoms with Gasteiger partial charge in [0.05, 0.1) is 0 Å². The molecule has 0 heterocycles. The molecule has 0 radical (unpaired) electrons. The second kappa shape index (κ2) is 9.55. The van der Waals surface area contributed by atoms with Crippen molar-refractivity contribution in [1.82, 2.24) is 0 Å². The van der Waals surface area contributed by atoms with Crippen LogP contribution in [-0.2, 0) is 4.79 Å². The number of rotatable bonds is 11. The first-order valence-electron chi connectivity index (χ1n) is 7.61. The Morgan fingerprint density at radius 1 is 1.00 bits per heavy atom. The van der Waals surface area contributed by atoms with Gasteiger partial charge in [0.15, 0.2) is 0 Å². The summed E-state index contributed by atoms with van der Waals surface area (Å²) < 4.78 is 0. The highest BCUT2D eigenvalue weighted by atomic mass is 16.1. The van der Waals surface area contributed by atoms with E-state index in [2.05, 4.69) is 13.8 Å². The predicted molar refractivity (Wildman–Crippen MR) is 79.6 cm³/mol. The van der Waals surface area contributed by atoms with Crippen molar-refractivity contribution in [1.29, 1.82) is 0 Å². The van der Waals surface area contributed by atoms with E-state index < -0.39 is 0 Å². The van der Waals surface area contributed by atoms with Gasteiger partial charge >= 0.3 is 0 Å². The first-order chi connectivity index (χ1) is 8.39. The maximum Gasteiger partial charge on any atom is 0.125 e. The van der Waals surface area contributed by atoms with Crippen LogP contribution in [0.25, 0.3) is 0 Å². The lowest BCUT2D eigenvalue weighted by atomic mass is 9.88. The van der Waals surface area contributed by atoms with Crippen molar-refractivity contribution in [2.75, 3.05) is 0 Å². The van der Waals surface area contributed by atoms with Gasteiger partial charge in [0.25, 0.3) is 0 Å². The zero-order valence-corrected chi connectivity index (χ0v) is 12.9. The van der Waals surface area contributed by atoms with Gasteiger partial charge in [-0.2, -0.15) is 0 Å². The zero-order chi connectivity index (χ0) is 14.0. The molecule has 0 saturated carbocycles. The molecule has 2 N–H and O–H groups in total. The first kappa shape index (κ1) is 17.6. The molecular weight excluding hydrogens is 222 g/mol. The molecule has 0 fully saturated rings. The van der Waals surface area contributed by atoms with Crippen LogP contribution in [0, 0.1) is 11.3 Å². The van der Waals surface area contributed by atoms with Gasteiger partial charge in [-0.3, -0.25) is 0 Å². The summed E-state index contributed by atoms with van der Waals surface area (Å²) in [4.78, 5) is 10.7. The number of nitrogens with two attached hydrogens (primary N) is 1. The molecule has 2 nitrogen and oxygen atoms in total. The molecule has 0 aliphatic carbocycles. The summed E-state index contributed by atoms with van der Waals surface area (Å²) in [5.41, 5.74) is 5.89. The SMILES string of the molecule is CC(C)C(N)CCCCCCCCC(C)(C)C=O. The number of hydrogen-bond acceptors (Lipinski definition) is 2. The molecule has 0 aliphatic heterocycles. The van der Waals surface area contributed by atoms with Crippen molar-refractivity contribution in [3.8, 4) is 0 Å². The molecule has 0 aromatic carbocycles. The minimum Gasteiger partial charge on any atom is -0.327 e. The third-order valence-electron chi connectivity index (χ3n) is 3.78. The van der Waals surface area contributed by atoms with E-state index in [4.69, 9.17) is 5.73 Å². The molecule has 1 unspecified atom stereocenters. The van der Waals surface area contributed by atoms with E-state index in [1.165, 1.54) is 38.5 Å². The summed E-state index contributed by atoms with van der Waals surface area (Å²) in [5, 5.41) is 0. The predicted octanol–water partition coefficient (Wildman–Crippen LogP) is 4.32. The summed E-state index contributed by atoms with van der Waals surface area (Å²) in [6.07, 6.45) is 10.9. The summed E-state index contributed by atoms with van der Waals surface area (Å²) >= 11 is 0. The van der Waals surface area contributed by atoms with Crippen LogP contribution in [0.1, 0.15) is 79.1 Å². The van der Waals surface area contributed by atoms with E-state index in [9.17, 15) is 4.79 Å². The minimum absolute atomic E-state index is 0.121. The lowest BCUT2D eigenvalue weighted by Gasteiger charge is -2.16. The lowest BCUT2D eigenvalue weighted by Crippen LogP contribution is -2.25. The summed E-state index contributed by atoms with van der Waals surface area (Å²) in [6, 6.07) is 0.374. The fourth-order valence-corrected chi connectivity index (χ4v) is 2.06. The van der Waals surface area contributed by atoms with E-state index in [0.717, 1.165) is 19.1 Å². The summed E-state index contributed by atoms with van der Waals surface area (Å²) in [5.74, 6) is 0.607. The Balaban J connectivity index is 3.29. The van der Waals surface area contributed by atoms with Crippen LogP contribution in [0.3, 0.4) is 0 Å². The highest BCUT2D eigenvalue weighted by Crippen LogP contribution is 2.21. The number of unbranched alkanes of at least 4 members (excludes halogenated alkanes) is 5. The van der Waals surface area contributed by atoms with Gasteiger partial charge in [-0.15, -0.1) is 0 Å². The average molecular weight is 255 g/mol. The average Bonchev–Trinajstić information content (AvgIpc) is 2.32. The van der Waals surface area contributed by atoms with Crippen molar-refractivity contribution in [3.63, 3.8) is 0 Å². The van der Waals surface area contributed by atoms with Crippen molar-refractivity contribution in [3.05, 3.63) is 0 Å². The van der Waals surface area contributed by atoms with Gasteiger partial charge in [-0.25, -0.2) is 0 Å². The van der Waals surface area contributed by atoms with E-state index in [1.807, 2.05) is 13.8 Å². The molecule has 0 spiro atoms. The van der Waals surface area contributed by atoms with E-state index in [0.29, 0.717) is 12.0 Å². The fraction of sp³-hybridized carbons (Fsp3) is 0.938. The third kappa shape index (κ3) is 9.64. The number of carbonyl (C=O) groups is 1. The normalized spacial score (nSPS) is 13.9. The molecule has 0 aromatic rings. The molecule has 0 rings (SSSR count). The Morgan fingerprint density at radius 2 is 1.50 bits per heavy atom. The Bertz CT molecular complexity index is 211. The van der Waals surface area contributed by atoms with Gasteiger partial charge in [-0.1, -0.05) is 66.2 Å². The maximum atomic E-state index is 10.7. The highest BCUT2D eigenvalue weighted by molar-refractivity contribution is 5.57. The second-order valence-electron chi connectivity index (χ2n) is 6.67. The molecule has 0 aromatic heterocycles. The zero-order valence-electron chi connectivity index (χ0n) is 12.9. The number of aldehydes is 1. The van der Waals surface area contributed by atoms with Crippen LogP contribution in [0.2, 0.25) is 0 Å².